The molecule has 0 aliphatic heterocycles. The van der Waals surface area contributed by atoms with Crippen molar-refractivity contribution in [3.8, 4) is 0 Å². The number of carbonyl (C=O) groups is 4. The van der Waals surface area contributed by atoms with Gasteiger partial charge in [0.2, 0.25) is 5.91 Å². The molecule has 4 aromatic rings. The third kappa shape index (κ3) is 8.55. The maximum Gasteiger partial charge on any atom is 0.341 e. The summed E-state index contributed by atoms with van der Waals surface area (Å²) in [7, 11) is 1.34. The van der Waals surface area contributed by atoms with E-state index in [1.54, 1.807) is 55.5 Å². The van der Waals surface area contributed by atoms with Gasteiger partial charge < -0.3 is 20.7 Å². The van der Waals surface area contributed by atoms with Crippen molar-refractivity contribution in [2.24, 2.45) is 5.92 Å². The Labute approximate surface area is 280 Å². The smallest absolute Gasteiger partial charge is 0.341 e. The van der Waals surface area contributed by atoms with Crippen LogP contribution in [0.25, 0.3) is 6.08 Å². The molecule has 0 saturated heterocycles. The first kappa shape index (κ1) is 33.6. The number of benzene rings is 3. The third-order valence-corrected chi connectivity index (χ3v) is 9.89. The highest BCUT2D eigenvalue weighted by atomic mass is 32.2. The lowest BCUT2D eigenvalue weighted by Crippen LogP contribution is -2.30. The number of ether oxygens (including phenoxy) is 1. The minimum absolute atomic E-state index is 0.0364. The van der Waals surface area contributed by atoms with E-state index in [2.05, 4.69) is 22.9 Å². The summed E-state index contributed by atoms with van der Waals surface area (Å²) in [5.41, 5.74) is 2.70. The maximum atomic E-state index is 13.5. The number of halogens is 1. The second-order valence-corrected chi connectivity index (χ2v) is 13.7. The Balaban J connectivity index is 1.29. The molecule has 5 rings (SSSR count). The number of nitrogens with one attached hydrogen (secondary N) is 3. The lowest BCUT2D eigenvalue weighted by Gasteiger charge is -2.18. The van der Waals surface area contributed by atoms with Crippen LogP contribution >= 0.6 is 23.1 Å². The van der Waals surface area contributed by atoms with Crippen LogP contribution in [-0.4, -0.2) is 36.1 Å². The van der Waals surface area contributed by atoms with Gasteiger partial charge in [-0.15, -0.1) is 23.1 Å². The van der Waals surface area contributed by atoms with Crippen molar-refractivity contribution in [1.82, 2.24) is 5.32 Å². The fraction of sp³-hybridized carbons (Fsp3) is 0.222. The van der Waals surface area contributed by atoms with Crippen molar-refractivity contribution in [3.05, 3.63) is 118 Å². The number of esters is 1. The molecule has 0 radical (unpaired) electrons. The highest BCUT2D eigenvalue weighted by molar-refractivity contribution is 8.00. The zero-order chi connectivity index (χ0) is 33.5. The number of thioether (sulfide) groups is 1. The Kier molecular flexibility index (Phi) is 10.9. The minimum atomic E-state index is -0.585. The van der Waals surface area contributed by atoms with Gasteiger partial charge in [-0.2, -0.15) is 0 Å². The molecule has 8 nitrogen and oxygen atoms in total. The van der Waals surface area contributed by atoms with Crippen LogP contribution in [0.1, 0.15) is 57.0 Å². The molecular weight excluding hydrogens is 638 g/mol. The predicted molar refractivity (Wildman–Crippen MR) is 184 cm³/mol. The number of amides is 3. The van der Waals surface area contributed by atoms with E-state index in [1.165, 1.54) is 60.5 Å². The lowest BCUT2D eigenvalue weighted by atomic mass is 9.88. The predicted octanol–water partition coefficient (Wildman–Crippen LogP) is 7.33. The molecule has 242 valence electrons. The Morgan fingerprint density at radius 3 is 2.47 bits per heavy atom. The molecule has 1 aromatic heterocycles. The van der Waals surface area contributed by atoms with E-state index < -0.39 is 28.9 Å². The summed E-state index contributed by atoms with van der Waals surface area (Å²) in [4.78, 5) is 54.1. The first-order valence-corrected chi connectivity index (χ1v) is 16.8. The number of rotatable bonds is 10. The van der Waals surface area contributed by atoms with E-state index in [-0.39, 0.29) is 11.6 Å². The van der Waals surface area contributed by atoms with Crippen LogP contribution in [-0.2, 0) is 27.2 Å². The van der Waals surface area contributed by atoms with Crippen LogP contribution in [0.4, 0.5) is 15.1 Å². The normalized spacial score (nSPS) is 14.8. The van der Waals surface area contributed by atoms with Gasteiger partial charge >= 0.3 is 5.97 Å². The Morgan fingerprint density at radius 1 is 1.00 bits per heavy atom. The first-order valence-electron chi connectivity index (χ1n) is 15.1. The quantitative estimate of drug-likeness (QED) is 0.0925. The van der Waals surface area contributed by atoms with E-state index in [1.807, 2.05) is 6.07 Å². The van der Waals surface area contributed by atoms with E-state index in [4.69, 9.17) is 4.74 Å². The van der Waals surface area contributed by atoms with Crippen LogP contribution in [0, 0.1) is 11.7 Å². The van der Waals surface area contributed by atoms with Gasteiger partial charge in [0, 0.05) is 21.0 Å². The zero-order valence-corrected chi connectivity index (χ0v) is 27.7. The molecule has 11 heteroatoms. The second kappa shape index (κ2) is 15.2. The SMILES string of the molecule is COC(=O)c1c(NC(=O)C(C)Sc2cccc(NC(=O)/C(=C\c3ccc(F)cc3)NC(=O)c3ccccc3)c2)sc2c1CCC(C)C2. The summed E-state index contributed by atoms with van der Waals surface area (Å²) < 4.78 is 18.5. The number of hydrogen-bond acceptors (Lipinski definition) is 7. The molecule has 0 spiro atoms. The van der Waals surface area contributed by atoms with E-state index in [0.717, 1.165) is 34.6 Å². The molecule has 3 amide bonds. The number of methoxy groups -OCH3 is 1. The van der Waals surface area contributed by atoms with Gasteiger partial charge in [0.25, 0.3) is 11.8 Å². The molecule has 0 bridgehead atoms. The number of fused-ring (bicyclic) bond motifs is 1. The topological polar surface area (TPSA) is 114 Å². The maximum absolute atomic E-state index is 13.5. The van der Waals surface area contributed by atoms with Gasteiger partial charge in [-0.1, -0.05) is 43.3 Å². The van der Waals surface area contributed by atoms with E-state index in [0.29, 0.717) is 33.3 Å². The van der Waals surface area contributed by atoms with Crippen molar-refractivity contribution in [2.45, 2.75) is 43.3 Å². The van der Waals surface area contributed by atoms with Crippen LogP contribution in [0.2, 0.25) is 0 Å². The van der Waals surface area contributed by atoms with Gasteiger partial charge in [-0.3, -0.25) is 14.4 Å². The largest absolute Gasteiger partial charge is 0.465 e. The molecular formula is C36H34FN3O5S2. The fourth-order valence-electron chi connectivity index (χ4n) is 5.14. The molecule has 1 aliphatic rings. The molecule has 0 saturated carbocycles. The first-order chi connectivity index (χ1) is 22.6. The molecule has 3 aromatic carbocycles. The number of thiophene rings is 1. The highest BCUT2D eigenvalue weighted by Gasteiger charge is 2.29. The van der Waals surface area contributed by atoms with Crippen LogP contribution in [0.5, 0.6) is 0 Å². The third-order valence-electron chi connectivity index (χ3n) is 7.62. The van der Waals surface area contributed by atoms with Crippen LogP contribution in [0.3, 0.4) is 0 Å². The number of hydrogen-bond donors (Lipinski definition) is 3. The summed E-state index contributed by atoms with van der Waals surface area (Å²) in [5.74, 6) is -1.70. The van der Waals surface area contributed by atoms with Crippen molar-refractivity contribution < 1.29 is 28.3 Å². The average Bonchev–Trinajstić information content (AvgIpc) is 3.42. The molecule has 0 fully saturated rings. The molecule has 3 N–H and O–H groups in total. The summed E-state index contributed by atoms with van der Waals surface area (Å²) >= 11 is 2.73. The van der Waals surface area contributed by atoms with Crippen molar-refractivity contribution in [2.75, 3.05) is 17.7 Å². The molecule has 2 unspecified atom stereocenters. The Morgan fingerprint density at radius 2 is 1.74 bits per heavy atom. The van der Waals surface area contributed by atoms with Gasteiger partial charge in [-0.05, 0) is 91.8 Å². The summed E-state index contributed by atoms with van der Waals surface area (Å²) in [6, 6.07) is 21.0. The molecule has 2 atom stereocenters. The standard InChI is InChI=1S/C36H34FN3O5S2/c1-21-12-17-28-30(18-21)47-35(31(28)36(44)45-3)40-32(41)22(2)46-27-11-7-10-26(20-27)38-34(43)29(19-23-13-15-25(37)16-14-23)39-33(42)24-8-5-4-6-9-24/h4-11,13-16,19-22H,12,17-18H2,1-3H3,(H,38,43)(H,39,42)(H,40,41)/b29-19+. The summed E-state index contributed by atoms with van der Waals surface area (Å²) in [6.45, 7) is 3.94. The lowest BCUT2D eigenvalue weighted by molar-refractivity contribution is -0.115. The van der Waals surface area contributed by atoms with Gasteiger partial charge in [0.05, 0.1) is 17.9 Å². The molecule has 1 heterocycles. The summed E-state index contributed by atoms with van der Waals surface area (Å²) in [6.07, 6.45) is 4.07. The second-order valence-electron chi connectivity index (χ2n) is 11.2. The fourth-order valence-corrected chi connectivity index (χ4v) is 7.47. The number of anilines is 2. The summed E-state index contributed by atoms with van der Waals surface area (Å²) in [5, 5.41) is 8.40. The Hall–Kier alpha value is -4.74. The molecule has 47 heavy (non-hydrogen) atoms. The van der Waals surface area contributed by atoms with Crippen molar-refractivity contribution >= 4 is 63.6 Å². The van der Waals surface area contributed by atoms with Gasteiger partial charge in [0.15, 0.2) is 0 Å². The minimum Gasteiger partial charge on any atom is -0.465 e. The molecule has 1 aliphatic carbocycles. The van der Waals surface area contributed by atoms with E-state index >= 15 is 0 Å². The average molecular weight is 672 g/mol. The van der Waals surface area contributed by atoms with Crippen LogP contribution < -0.4 is 16.0 Å². The van der Waals surface area contributed by atoms with Crippen molar-refractivity contribution in [3.63, 3.8) is 0 Å². The highest BCUT2D eigenvalue weighted by Crippen LogP contribution is 2.40. The van der Waals surface area contributed by atoms with E-state index in [9.17, 15) is 23.6 Å². The van der Waals surface area contributed by atoms with Gasteiger partial charge in [0.1, 0.15) is 16.5 Å². The monoisotopic (exact) mass is 671 g/mol. The Bertz CT molecular complexity index is 1820. The van der Waals surface area contributed by atoms with Gasteiger partial charge in [-0.25, -0.2) is 9.18 Å². The number of carbonyl (C=O) groups excluding carboxylic acids is 4. The van der Waals surface area contributed by atoms with Crippen molar-refractivity contribution in [1.29, 1.82) is 0 Å². The zero-order valence-electron chi connectivity index (χ0n) is 26.1. The van der Waals surface area contributed by atoms with Crippen LogP contribution in [0.15, 0.2) is 89.5 Å².